The number of nitrogens with one attached hydrogen (secondary N) is 1. The Hall–Kier alpha value is -1.63. The molecule has 136 valence electrons. The topological polar surface area (TPSA) is 49.4 Å². The molecule has 0 saturated carbocycles. The van der Waals surface area contributed by atoms with Gasteiger partial charge < -0.3 is 10.2 Å². The van der Waals surface area contributed by atoms with Crippen LogP contribution in [0.5, 0.6) is 0 Å². The van der Waals surface area contributed by atoms with E-state index < -0.39 is 0 Å². The zero-order valence-electron chi connectivity index (χ0n) is 14.7. The highest BCUT2D eigenvalue weighted by Crippen LogP contribution is 2.33. The molecule has 3 fully saturated rings. The minimum Gasteiger partial charge on any atom is -0.348 e. The number of benzene rings is 1. The molecular weight excluding hydrogens is 364 g/mol. The number of fused-ring (bicyclic) bond motifs is 3. The number of carbonyl (C=O) groups excluding carboxylic acids is 2. The van der Waals surface area contributed by atoms with Gasteiger partial charge in [0.25, 0.3) is 5.91 Å². The largest absolute Gasteiger partial charge is 0.348 e. The minimum atomic E-state index is 0.0234. The molecule has 4 heterocycles. The second-order valence-electron chi connectivity index (χ2n) is 7.06. The molecule has 0 spiro atoms. The molecule has 1 amide bonds. The number of ketones is 1. The van der Waals surface area contributed by atoms with Crippen LogP contribution >= 0.6 is 23.1 Å². The van der Waals surface area contributed by atoms with Crippen molar-refractivity contribution in [2.24, 2.45) is 5.92 Å². The third-order valence-corrected chi connectivity index (χ3v) is 7.38. The predicted molar refractivity (Wildman–Crippen MR) is 105 cm³/mol. The third kappa shape index (κ3) is 3.87. The summed E-state index contributed by atoms with van der Waals surface area (Å²) in [6, 6.07) is 9.94. The van der Waals surface area contributed by atoms with Crippen LogP contribution in [-0.2, 0) is 0 Å². The van der Waals surface area contributed by atoms with Crippen LogP contribution in [-0.4, -0.2) is 42.3 Å². The second-order valence-corrected chi connectivity index (χ2v) is 9.34. The van der Waals surface area contributed by atoms with Crippen molar-refractivity contribution in [1.29, 1.82) is 0 Å². The van der Waals surface area contributed by atoms with Crippen molar-refractivity contribution in [3.63, 3.8) is 0 Å². The number of Topliss-reactive ketones (excluding diaryl/α,β-unsaturated/α-hetero) is 1. The molecule has 1 N–H and O–H groups in total. The Labute approximate surface area is 162 Å². The average Bonchev–Trinajstić information content (AvgIpc) is 3.12. The number of hydrogen-bond acceptors (Lipinski definition) is 5. The Morgan fingerprint density at radius 1 is 1.15 bits per heavy atom. The summed E-state index contributed by atoms with van der Waals surface area (Å²) in [5, 5.41) is 5.12. The second kappa shape index (κ2) is 7.55. The van der Waals surface area contributed by atoms with Crippen LogP contribution in [0.25, 0.3) is 0 Å². The average molecular weight is 387 g/mol. The SMILES string of the molecule is CC(=O)c1csc(Sc2ccc(C(=O)NC3CN4CCC3CC4)cc2)c1. The summed E-state index contributed by atoms with van der Waals surface area (Å²) in [6.45, 7) is 4.92. The number of nitrogens with zero attached hydrogens (tertiary/aromatic N) is 1. The molecule has 4 nitrogen and oxygen atoms in total. The van der Waals surface area contributed by atoms with Gasteiger partial charge in [-0.25, -0.2) is 0 Å². The molecular formula is C20H22N2O2S2. The van der Waals surface area contributed by atoms with E-state index in [1.54, 1.807) is 30.0 Å². The van der Waals surface area contributed by atoms with Crippen LogP contribution in [0, 0.1) is 5.92 Å². The van der Waals surface area contributed by atoms with E-state index in [2.05, 4.69) is 10.2 Å². The zero-order chi connectivity index (χ0) is 18.1. The van der Waals surface area contributed by atoms with Crippen molar-refractivity contribution in [3.8, 4) is 0 Å². The van der Waals surface area contributed by atoms with Crippen molar-refractivity contribution >= 4 is 34.8 Å². The number of piperidine rings is 3. The van der Waals surface area contributed by atoms with Crippen molar-refractivity contribution in [1.82, 2.24) is 10.2 Å². The number of rotatable bonds is 5. The van der Waals surface area contributed by atoms with Crippen LogP contribution in [0.2, 0.25) is 0 Å². The van der Waals surface area contributed by atoms with Gasteiger partial charge in [-0.3, -0.25) is 9.59 Å². The molecule has 6 heteroatoms. The molecule has 5 rings (SSSR count). The van der Waals surface area contributed by atoms with Crippen molar-refractivity contribution in [2.75, 3.05) is 19.6 Å². The van der Waals surface area contributed by atoms with Gasteiger partial charge in [0, 0.05) is 34.0 Å². The lowest BCUT2D eigenvalue weighted by Gasteiger charge is -2.44. The maximum atomic E-state index is 12.6. The van der Waals surface area contributed by atoms with E-state index in [0.717, 1.165) is 21.2 Å². The first kappa shape index (κ1) is 17.8. The third-order valence-electron chi connectivity index (χ3n) is 5.29. The highest BCUT2D eigenvalue weighted by molar-refractivity contribution is 8.01. The minimum absolute atomic E-state index is 0.0234. The standard InChI is InChI=1S/C20H22N2O2S2/c1-13(23)16-10-19(25-12-16)26-17-4-2-15(3-5-17)20(24)21-18-11-22-8-6-14(18)7-9-22/h2-5,10,12,14,18H,6-9,11H2,1H3,(H,21,24). The molecule has 26 heavy (non-hydrogen) atoms. The number of hydrogen-bond donors (Lipinski definition) is 1. The van der Waals surface area contributed by atoms with Crippen LogP contribution in [0.15, 0.2) is 44.8 Å². The van der Waals surface area contributed by atoms with E-state index in [-0.39, 0.29) is 17.7 Å². The molecule has 0 radical (unpaired) electrons. The van der Waals surface area contributed by atoms with Crippen molar-refractivity contribution < 1.29 is 9.59 Å². The lowest BCUT2D eigenvalue weighted by Crippen LogP contribution is -2.57. The van der Waals surface area contributed by atoms with Crippen molar-refractivity contribution in [2.45, 2.75) is 34.9 Å². The molecule has 2 aromatic rings. The van der Waals surface area contributed by atoms with Gasteiger partial charge in [0.2, 0.25) is 0 Å². The van der Waals surface area contributed by atoms with E-state index in [1.807, 2.05) is 35.7 Å². The lowest BCUT2D eigenvalue weighted by atomic mass is 9.84. The molecule has 3 aliphatic rings. The summed E-state index contributed by atoms with van der Waals surface area (Å²) in [7, 11) is 0. The zero-order valence-corrected chi connectivity index (χ0v) is 16.4. The molecule has 3 saturated heterocycles. The van der Waals surface area contributed by atoms with Crippen LogP contribution < -0.4 is 5.32 Å². The predicted octanol–water partition coefficient (Wildman–Crippen LogP) is 3.93. The van der Waals surface area contributed by atoms with E-state index in [9.17, 15) is 9.59 Å². The summed E-state index contributed by atoms with van der Waals surface area (Å²) in [5.41, 5.74) is 1.47. The van der Waals surface area contributed by atoms with Gasteiger partial charge in [-0.2, -0.15) is 0 Å². The van der Waals surface area contributed by atoms with Gasteiger partial charge in [-0.15, -0.1) is 11.3 Å². The Kier molecular flexibility index (Phi) is 5.16. The van der Waals surface area contributed by atoms with Crippen LogP contribution in [0.4, 0.5) is 0 Å². The number of carbonyl (C=O) groups is 2. The molecule has 1 aromatic carbocycles. The molecule has 0 aliphatic carbocycles. The Bertz CT molecular complexity index is 807. The van der Waals surface area contributed by atoms with Crippen LogP contribution in [0.3, 0.4) is 0 Å². The van der Waals surface area contributed by atoms with Crippen molar-refractivity contribution in [3.05, 3.63) is 46.8 Å². The Balaban J connectivity index is 1.37. The van der Waals surface area contributed by atoms with Gasteiger partial charge in [0.05, 0.1) is 4.21 Å². The molecule has 3 aliphatic heterocycles. The van der Waals surface area contributed by atoms with E-state index in [0.29, 0.717) is 11.5 Å². The highest BCUT2D eigenvalue weighted by Gasteiger charge is 2.34. The fourth-order valence-electron chi connectivity index (χ4n) is 3.73. The molecule has 2 bridgehead atoms. The first-order chi connectivity index (χ1) is 12.6. The lowest BCUT2D eigenvalue weighted by molar-refractivity contribution is 0.0620. The summed E-state index contributed by atoms with van der Waals surface area (Å²) in [4.78, 5) is 27.5. The van der Waals surface area contributed by atoms with Gasteiger partial charge in [-0.05, 0) is 69.1 Å². The Morgan fingerprint density at radius 3 is 2.46 bits per heavy atom. The number of amides is 1. The maximum absolute atomic E-state index is 12.6. The summed E-state index contributed by atoms with van der Waals surface area (Å²) < 4.78 is 1.08. The summed E-state index contributed by atoms with van der Waals surface area (Å²) in [5.74, 6) is 0.747. The van der Waals surface area contributed by atoms with Gasteiger partial charge in [0.15, 0.2) is 5.78 Å². The summed E-state index contributed by atoms with van der Waals surface area (Å²) in [6.07, 6.45) is 2.40. The quantitative estimate of drug-likeness (QED) is 0.791. The molecule has 1 aromatic heterocycles. The smallest absolute Gasteiger partial charge is 0.251 e. The normalized spacial score (nSPS) is 24.4. The van der Waals surface area contributed by atoms with E-state index in [4.69, 9.17) is 0 Å². The summed E-state index contributed by atoms with van der Waals surface area (Å²) >= 11 is 3.19. The highest BCUT2D eigenvalue weighted by atomic mass is 32.2. The van der Waals surface area contributed by atoms with E-state index >= 15 is 0 Å². The Morgan fingerprint density at radius 2 is 1.88 bits per heavy atom. The van der Waals surface area contributed by atoms with Gasteiger partial charge in [0.1, 0.15) is 0 Å². The molecule has 1 atom stereocenters. The number of thiophene rings is 1. The van der Waals surface area contributed by atoms with Gasteiger partial charge in [-0.1, -0.05) is 11.8 Å². The maximum Gasteiger partial charge on any atom is 0.251 e. The first-order valence-electron chi connectivity index (χ1n) is 8.99. The fraction of sp³-hybridized carbons (Fsp3) is 0.400. The monoisotopic (exact) mass is 386 g/mol. The van der Waals surface area contributed by atoms with E-state index in [1.165, 1.54) is 25.9 Å². The van der Waals surface area contributed by atoms with Gasteiger partial charge >= 0.3 is 0 Å². The fourth-order valence-corrected chi connectivity index (χ4v) is 5.71. The first-order valence-corrected chi connectivity index (χ1v) is 10.7. The molecule has 1 unspecified atom stereocenters. The van der Waals surface area contributed by atoms with Crippen LogP contribution in [0.1, 0.15) is 40.5 Å².